The van der Waals surface area contributed by atoms with Gasteiger partial charge in [-0.15, -0.1) is 0 Å². The molecular formula is C13H20F3N3O2. The van der Waals surface area contributed by atoms with E-state index in [4.69, 9.17) is 5.73 Å². The van der Waals surface area contributed by atoms with Crippen LogP contribution in [0, 0.1) is 11.3 Å². The number of primary amides is 1. The Labute approximate surface area is 120 Å². The Hall–Kier alpha value is -1.31. The van der Waals surface area contributed by atoms with E-state index in [2.05, 4.69) is 10.6 Å². The largest absolute Gasteiger partial charge is 0.404 e. The predicted octanol–water partition coefficient (Wildman–Crippen LogP) is 0.689. The van der Waals surface area contributed by atoms with Gasteiger partial charge in [0, 0.05) is 18.5 Å². The zero-order chi connectivity index (χ0) is 15.7. The summed E-state index contributed by atoms with van der Waals surface area (Å²) in [7, 11) is 0. The molecule has 2 amide bonds. The number of carbonyl (C=O) groups excluding carboxylic acids is 2. The van der Waals surface area contributed by atoms with E-state index in [1.54, 1.807) is 0 Å². The molecule has 1 aliphatic carbocycles. The van der Waals surface area contributed by atoms with Crippen molar-refractivity contribution in [2.24, 2.45) is 17.1 Å². The van der Waals surface area contributed by atoms with Crippen LogP contribution in [0.1, 0.15) is 32.1 Å². The van der Waals surface area contributed by atoms with Gasteiger partial charge in [0.2, 0.25) is 11.8 Å². The Morgan fingerprint density at radius 3 is 2.24 bits per heavy atom. The van der Waals surface area contributed by atoms with E-state index in [9.17, 15) is 22.8 Å². The Morgan fingerprint density at radius 1 is 1.19 bits per heavy atom. The van der Waals surface area contributed by atoms with E-state index in [0.29, 0.717) is 25.7 Å². The summed E-state index contributed by atoms with van der Waals surface area (Å²) in [6.07, 6.45) is -2.81. The SMILES string of the molecule is NC(=O)C1CCC(NC(=O)C2(C(F)(F)F)CCNC2)CC1. The van der Waals surface area contributed by atoms with Gasteiger partial charge in [0.25, 0.3) is 0 Å². The third-order valence-electron chi connectivity index (χ3n) is 4.60. The van der Waals surface area contributed by atoms with Crippen LogP contribution in [0.2, 0.25) is 0 Å². The standard InChI is InChI=1S/C13H20F3N3O2/c14-13(15,16)12(5-6-18-7-12)11(21)19-9-3-1-8(2-4-9)10(17)20/h8-9,18H,1-7H2,(H2,17,20)(H,19,21). The van der Waals surface area contributed by atoms with Crippen molar-refractivity contribution in [2.75, 3.05) is 13.1 Å². The van der Waals surface area contributed by atoms with E-state index >= 15 is 0 Å². The Kier molecular flexibility index (Phi) is 4.46. The maximum atomic E-state index is 13.2. The van der Waals surface area contributed by atoms with Gasteiger partial charge in [-0.05, 0) is 38.6 Å². The molecule has 1 heterocycles. The molecule has 1 saturated heterocycles. The number of nitrogens with one attached hydrogen (secondary N) is 2. The van der Waals surface area contributed by atoms with Gasteiger partial charge in [-0.3, -0.25) is 9.59 Å². The monoisotopic (exact) mass is 307 g/mol. The molecule has 2 rings (SSSR count). The molecule has 1 unspecified atom stereocenters. The Morgan fingerprint density at radius 2 is 1.81 bits per heavy atom. The van der Waals surface area contributed by atoms with Crippen molar-refractivity contribution in [1.82, 2.24) is 10.6 Å². The van der Waals surface area contributed by atoms with Gasteiger partial charge in [0.1, 0.15) is 0 Å². The number of hydrogen-bond acceptors (Lipinski definition) is 3. The van der Waals surface area contributed by atoms with E-state index in [1.807, 2.05) is 0 Å². The molecule has 1 saturated carbocycles. The second-order valence-corrected chi connectivity index (χ2v) is 5.93. The number of hydrogen-bond donors (Lipinski definition) is 3. The van der Waals surface area contributed by atoms with E-state index < -0.39 is 17.5 Å². The molecule has 0 aromatic heterocycles. The molecule has 8 heteroatoms. The molecule has 0 radical (unpaired) electrons. The van der Waals surface area contributed by atoms with Gasteiger partial charge in [-0.25, -0.2) is 0 Å². The van der Waals surface area contributed by atoms with E-state index in [-0.39, 0.29) is 37.4 Å². The summed E-state index contributed by atoms with van der Waals surface area (Å²) in [6.45, 7) is -0.194. The topological polar surface area (TPSA) is 84.2 Å². The number of halogens is 3. The fourth-order valence-corrected chi connectivity index (χ4v) is 3.10. The van der Waals surface area contributed by atoms with Crippen molar-refractivity contribution in [1.29, 1.82) is 0 Å². The molecule has 1 atom stereocenters. The lowest BCUT2D eigenvalue weighted by molar-refractivity contribution is -0.216. The second kappa shape index (κ2) is 5.82. The maximum Gasteiger partial charge on any atom is 0.404 e. The quantitative estimate of drug-likeness (QED) is 0.717. The maximum absolute atomic E-state index is 13.2. The first-order valence-electron chi connectivity index (χ1n) is 7.14. The summed E-state index contributed by atoms with van der Waals surface area (Å²) < 4.78 is 39.7. The minimum absolute atomic E-state index is 0.182. The third kappa shape index (κ3) is 3.14. The van der Waals surface area contributed by atoms with E-state index in [0.717, 1.165) is 0 Å². The molecule has 4 N–H and O–H groups in total. The fourth-order valence-electron chi connectivity index (χ4n) is 3.10. The first kappa shape index (κ1) is 16.1. The summed E-state index contributed by atoms with van der Waals surface area (Å²) in [5.74, 6) is -1.57. The lowest BCUT2D eigenvalue weighted by atomic mass is 9.82. The number of carbonyl (C=O) groups is 2. The first-order valence-corrected chi connectivity index (χ1v) is 7.14. The molecule has 0 aromatic carbocycles. The molecule has 0 aromatic rings. The number of amides is 2. The fraction of sp³-hybridized carbons (Fsp3) is 0.846. The molecule has 2 aliphatic rings. The first-order chi connectivity index (χ1) is 9.76. The summed E-state index contributed by atoms with van der Waals surface area (Å²) in [5, 5.41) is 5.13. The molecule has 21 heavy (non-hydrogen) atoms. The van der Waals surface area contributed by atoms with Crippen LogP contribution in [0.25, 0.3) is 0 Å². The number of alkyl halides is 3. The van der Waals surface area contributed by atoms with Gasteiger partial charge in [-0.2, -0.15) is 13.2 Å². The molecule has 1 aliphatic heterocycles. The Bertz CT molecular complexity index is 411. The minimum atomic E-state index is -4.56. The van der Waals surface area contributed by atoms with Crippen LogP contribution in [0.5, 0.6) is 0 Å². The highest BCUT2D eigenvalue weighted by atomic mass is 19.4. The zero-order valence-electron chi connectivity index (χ0n) is 11.6. The number of rotatable bonds is 3. The summed E-state index contributed by atoms with van der Waals surface area (Å²) >= 11 is 0. The van der Waals surface area contributed by atoms with Crippen molar-refractivity contribution in [3.05, 3.63) is 0 Å². The second-order valence-electron chi connectivity index (χ2n) is 5.93. The summed E-state index contributed by atoms with van der Waals surface area (Å²) in [5.41, 5.74) is 2.88. The van der Waals surface area contributed by atoms with Crippen molar-refractivity contribution < 1.29 is 22.8 Å². The van der Waals surface area contributed by atoms with Gasteiger partial charge in [0.15, 0.2) is 5.41 Å². The van der Waals surface area contributed by atoms with Crippen LogP contribution in [-0.2, 0) is 9.59 Å². The van der Waals surface area contributed by atoms with Crippen molar-refractivity contribution in [3.8, 4) is 0 Å². The minimum Gasteiger partial charge on any atom is -0.369 e. The molecular weight excluding hydrogens is 287 g/mol. The lowest BCUT2D eigenvalue weighted by Gasteiger charge is -2.33. The molecule has 2 fully saturated rings. The molecule has 120 valence electrons. The van der Waals surface area contributed by atoms with Gasteiger partial charge < -0.3 is 16.4 Å². The highest BCUT2D eigenvalue weighted by molar-refractivity contribution is 5.84. The zero-order valence-corrected chi connectivity index (χ0v) is 11.6. The van der Waals surface area contributed by atoms with Crippen LogP contribution >= 0.6 is 0 Å². The predicted molar refractivity (Wildman–Crippen MR) is 69.1 cm³/mol. The van der Waals surface area contributed by atoms with Gasteiger partial charge in [-0.1, -0.05) is 0 Å². The highest BCUT2D eigenvalue weighted by Crippen LogP contribution is 2.43. The number of nitrogens with two attached hydrogens (primary N) is 1. The van der Waals surface area contributed by atoms with Crippen molar-refractivity contribution in [2.45, 2.75) is 44.3 Å². The average Bonchev–Trinajstić information content (AvgIpc) is 2.89. The van der Waals surface area contributed by atoms with Crippen LogP contribution in [0.15, 0.2) is 0 Å². The van der Waals surface area contributed by atoms with Crippen LogP contribution in [0.3, 0.4) is 0 Å². The van der Waals surface area contributed by atoms with Crippen molar-refractivity contribution in [3.63, 3.8) is 0 Å². The smallest absolute Gasteiger partial charge is 0.369 e. The van der Waals surface area contributed by atoms with E-state index in [1.165, 1.54) is 0 Å². The highest BCUT2D eigenvalue weighted by Gasteiger charge is 2.61. The molecule has 0 bridgehead atoms. The van der Waals surface area contributed by atoms with Crippen LogP contribution in [-0.4, -0.2) is 37.1 Å². The van der Waals surface area contributed by atoms with Crippen molar-refractivity contribution >= 4 is 11.8 Å². The lowest BCUT2D eigenvalue weighted by Crippen LogP contribution is -2.55. The molecule has 0 spiro atoms. The van der Waals surface area contributed by atoms with Gasteiger partial charge in [0.05, 0.1) is 0 Å². The third-order valence-corrected chi connectivity index (χ3v) is 4.60. The average molecular weight is 307 g/mol. The Balaban J connectivity index is 1.97. The van der Waals surface area contributed by atoms with Crippen LogP contribution < -0.4 is 16.4 Å². The molecule has 5 nitrogen and oxygen atoms in total. The summed E-state index contributed by atoms with van der Waals surface area (Å²) in [6, 6.07) is -0.312. The summed E-state index contributed by atoms with van der Waals surface area (Å²) in [4.78, 5) is 23.2. The van der Waals surface area contributed by atoms with Crippen LogP contribution in [0.4, 0.5) is 13.2 Å². The van der Waals surface area contributed by atoms with Gasteiger partial charge >= 0.3 is 6.18 Å². The normalized spacial score (nSPS) is 33.7.